The third-order valence-corrected chi connectivity index (χ3v) is 7.56. The van der Waals surface area contributed by atoms with Gasteiger partial charge in [0, 0.05) is 9.75 Å². The van der Waals surface area contributed by atoms with Gasteiger partial charge in [-0.1, -0.05) is 12.1 Å². The van der Waals surface area contributed by atoms with Crippen LogP contribution in [0.1, 0.15) is 22.6 Å². The predicted octanol–water partition coefficient (Wildman–Crippen LogP) is 1.67. The molecule has 0 amide bonds. The number of nitrogens with zero attached hydrogens (tertiary/aromatic N) is 1. The van der Waals surface area contributed by atoms with E-state index in [1.165, 1.54) is 34.4 Å². The Morgan fingerprint density at radius 2 is 1.90 bits per heavy atom. The summed E-state index contributed by atoms with van der Waals surface area (Å²) in [4.78, 5) is 40.7. The van der Waals surface area contributed by atoms with Crippen LogP contribution in [0.25, 0.3) is 17.5 Å². The number of carbonyl (C=O) groups excluding carboxylic acids is 2. The molecule has 31 heavy (non-hydrogen) atoms. The van der Waals surface area contributed by atoms with E-state index < -0.39 is 23.4 Å². The van der Waals surface area contributed by atoms with E-state index in [1.807, 2.05) is 35.0 Å². The van der Waals surface area contributed by atoms with E-state index in [0.717, 1.165) is 21.1 Å². The number of fused-ring (bicyclic) bond motifs is 1. The van der Waals surface area contributed by atoms with Gasteiger partial charge in [-0.05, 0) is 35.9 Å². The van der Waals surface area contributed by atoms with E-state index in [1.54, 1.807) is 13.0 Å². The van der Waals surface area contributed by atoms with Crippen molar-refractivity contribution >= 4 is 63.4 Å². The highest BCUT2D eigenvalue weighted by Gasteiger charge is 2.40. The zero-order chi connectivity index (χ0) is 22.1. The summed E-state index contributed by atoms with van der Waals surface area (Å²) in [7, 11) is 1.27. The topological polar surface area (TPSA) is 101 Å². The van der Waals surface area contributed by atoms with Gasteiger partial charge in [-0.3, -0.25) is 9.36 Å². The number of thiazole rings is 1. The van der Waals surface area contributed by atoms with Gasteiger partial charge in [0.25, 0.3) is 5.56 Å². The molecule has 1 aliphatic rings. The first kappa shape index (κ1) is 21.3. The highest BCUT2D eigenvalue weighted by atomic mass is 32.1. The molecule has 0 fully saturated rings. The molecule has 4 heterocycles. The van der Waals surface area contributed by atoms with Crippen LogP contribution in [0, 0.1) is 0 Å². The minimum atomic E-state index is -0.792. The molecular formula is C21H18N2O5S3. The van der Waals surface area contributed by atoms with Crippen LogP contribution in [0.2, 0.25) is 0 Å². The maximum absolute atomic E-state index is 13.2. The van der Waals surface area contributed by atoms with Gasteiger partial charge >= 0.3 is 11.9 Å². The van der Waals surface area contributed by atoms with Crippen molar-refractivity contribution in [2.24, 2.45) is 5.73 Å². The normalized spacial score (nSPS) is 16.4. The number of nitrogens with two attached hydrogens (primary N) is 1. The average molecular weight is 475 g/mol. The Morgan fingerprint density at radius 1 is 1.16 bits per heavy atom. The molecule has 0 aromatic carbocycles. The van der Waals surface area contributed by atoms with Crippen molar-refractivity contribution < 1.29 is 19.1 Å². The minimum absolute atomic E-state index is 0.0356. The fourth-order valence-corrected chi connectivity index (χ4v) is 6.14. The summed E-state index contributed by atoms with van der Waals surface area (Å²) in [5, 5.41) is 3.75. The second-order valence-electron chi connectivity index (χ2n) is 6.44. The van der Waals surface area contributed by atoms with Crippen LogP contribution < -0.4 is 20.5 Å². The Bertz CT molecular complexity index is 1340. The van der Waals surface area contributed by atoms with Crippen LogP contribution >= 0.6 is 34.0 Å². The van der Waals surface area contributed by atoms with Crippen LogP contribution in [-0.4, -0.2) is 30.2 Å². The summed E-state index contributed by atoms with van der Waals surface area (Å²) in [5.41, 5.74) is 6.23. The molecule has 4 rings (SSSR count). The molecule has 2 N–H and O–H groups in total. The number of ether oxygens (including phenoxy) is 2. The molecule has 160 valence electrons. The molecule has 0 radical (unpaired) electrons. The number of methoxy groups -OCH3 is 1. The van der Waals surface area contributed by atoms with Gasteiger partial charge in [-0.15, -0.1) is 34.0 Å². The van der Waals surface area contributed by atoms with Crippen LogP contribution in [0.5, 0.6) is 0 Å². The van der Waals surface area contributed by atoms with E-state index >= 15 is 0 Å². The fraction of sp³-hybridized carbons (Fsp3) is 0.190. The number of hydrogen-bond acceptors (Lipinski definition) is 9. The standard InChI is InChI=1S/C21H18N2O5S3/c1-3-28-21(26)15-14(12-7-5-9-30-12)16(20(25)27-2)19-23(17(15)22)18(24)13(31-19)10-11-6-4-8-29-11/h4-10,14H,3,22H2,1-2H3/b13-10-/t14-/m1/s1. The van der Waals surface area contributed by atoms with Crippen molar-refractivity contribution in [1.82, 2.24) is 4.57 Å². The first-order valence-corrected chi connectivity index (χ1v) is 11.9. The predicted molar refractivity (Wildman–Crippen MR) is 122 cm³/mol. The van der Waals surface area contributed by atoms with Gasteiger partial charge in [-0.25, -0.2) is 9.59 Å². The lowest BCUT2D eigenvalue weighted by Gasteiger charge is -2.25. The van der Waals surface area contributed by atoms with Crippen LogP contribution in [-0.2, 0) is 19.1 Å². The molecule has 0 saturated carbocycles. The van der Waals surface area contributed by atoms with Crippen molar-refractivity contribution in [2.45, 2.75) is 12.8 Å². The monoisotopic (exact) mass is 474 g/mol. The molecule has 7 nitrogen and oxygen atoms in total. The summed E-state index contributed by atoms with van der Waals surface area (Å²) in [5.74, 6) is -2.14. The van der Waals surface area contributed by atoms with Crippen LogP contribution in [0.15, 0.2) is 45.4 Å². The Labute approximate surface area is 189 Å². The molecule has 0 bridgehead atoms. The number of esters is 2. The highest BCUT2D eigenvalue weighted by molar-refractivity contribution is 7.11. The van der Waals surface area contributed by atoms with Crippen LogP contribution in [0.4, 0.5) is 0 Å². The third kappa shape index (κ3) is 3.67. The van der Waals surface area contributed by atoms with Gasteiger partial charge in [-0.2, -0.15) is 0 Å². The molecule has 3 aromatic heterocycles. The molecule has 0 saturated heterocycles. The molecule has 1 aliphatic heterocycles. The number of carbonyl (C=O) groups is 2. The number of aromatic nitrogens is 1. The highest BCUT2D eigenvalue weighted by Crippen LogP contribution is 2.39. The number of rotatable bonds is 5. The minimum Gasteiger partial charge on any atom is -0.466 e. The molecule has 1 atom stereocenters. The van der Waals surface area contributed by atoms with Crippen molar-refractivity contribution in [2.75, 3.05) is 13.7 Å². The third-order valence-electron chi connectivity index (χ3n) is 4.69. The molecule has 0 unspecified atom stereocenters. The Kier molecular flexibility index (Phi) is 5.94. The zero-order valence-corrected chi connectivity index (χ0v) is 19.1. The Morgan fingerprint density at radius 3 is 2.52 bits per heavy atom. The first-order valence-electron chi connectivity index (χ1n) is 9.28. The molecule has 0 aliphatic carbocycles. The smallest absolute Gasteiger partial charge is 0.338 e. The van der Waals surface area contributed by atoms with Crippen molar-refractivity contribution in [3.05, 3.63) is 69.9 Å². The van der Waals surface area contributed by atoms with Crippen LogP contribution in [0.3, 0.4) is 0 Å². The molecule has 3 aromatic rings. The average Bonchev–Trinajstić information content (AvgIpc) is 3.50. The summed E-state index contributed by atoms with van der Waals surface area (Å²) in [6.45, 7) is 1.81. The summed E-state index contributed by atoms with van der Waals surface area (Å²) in [6.07, 6.45) is 1.75. The number of hydrogen-bond donors (Lipinski definition) is 1. The first-order chi connectivity index (χ1) is 15.0. The second-order valence-corrected chi connectivity index (χ2v) is 9.43. The van der Waals surface area contributed by atoms with E-state index in [2.05, 4.69) is 0 Å². The zero-order valence-electron chi connectivity index (χ0n) is 16.6. The molecular weight excluding hydrogens is 456 g/mol. The van der Waals surface area contributed by atoms with E-state index in [-0.39, 0.29) is 23.6 Å². The Balaban J connectivity index is 2.12. The van der Waals surface area contributed by atoms with E-state index in [0.29, 0.717) is 9.20 Å². The SMILES string of the molecule is CCOC(=O)C1=C(N)n2c(s/c(=C\c3cccs3)c2=O)=C(C(=O)OC)[C@@H]1c1cccs1. The van der Waals surface area contributed by atoms with Gasteiger partial charge < -0.3 is 15.2 Å². The van der Waals surface area contributed by atoms with Gasteiger partial charge in [0.2, 0.25) is 0 Å². The lowest BCUT2D eigenvalue weighted by Crippen LogP contribution is -2.41. The Hall–Kier alpha value is -2.95. The lowest BCUT2D eigenvalue weighted by atomic mass is 9.88. The lowest BCUT2D eigenvalue weighted by molar-refractivity contribution is -0.138. The summed E-state index contributed by atoms with van der Waals surface area (Å²) >= 11 is 4.01. The van der Waals surface area contributed by atoms with E-state index in [4.69, 9.17) is 15.2 Å². The molecule has 0 spiro atoms. The fourth-order valence-electron chi connectivity index (χ4n) is 3.41. The maximum atomic E-state index is 13.2. The van der Waals surface area contributed by atoms with Gasteiger partial charge in [0.05, 0.1) is 35.3 Å². The summed E-state index contributed by atoms with van der Waals surface area (Å²) < 4.78 is 12.2. The largest absolute Gasteiger partial charge is 0.466 e. The molecule has 10 heteroatoms. The van der Waals surface area contributed by atoms with E-state index in [9.17, 15) is 14.4 Å². The van der Waals surface area contributed by atoms with Gasteiger partial charge in [0.15, 0.2) is 0 Å². The maximum Gasteiger partial charge on any atom is 0.338 e. The second kappa shape index (κ2) is 8.66. The quantitative estimate of drug-likeness (QED) is 0.565. The van der Waals surface area contributed by atoms with Gasteiger partial charge in [0.1, 0.15) is 10.5 Å². The number of thiophene rings is 2. The van der Waals surface area contributed by atoms with Crippen molar-refractivity contribution in [3.8, 4) is 0 Å². The summed E-state index contributed by atoms with van der Waals surface area (Å²) in [6, 6.07) is 7.40. The van der Waals surface area contributed by atoms with Crippen molar-refractivity contribution in [3.63, 3.8) is 0 Å². The van der Waals surface area contributed by atoms with Crippen molar-refractivity contribution in [1.29, 1.82) is 0 Å².